The van der Waals surface area contributed by atoms with Gasteiger partial charge in [0.1, 0.15) is 6.54 Å². The molecule has 4 nitrogen and oxygen atoms in total. The van der Waals surface area contributed by atoms with Gasteiger partial charge in [0.15, 0.2) is 11.0 Å². The Balaban J connectivity index is 0.00000161. The second kappa shape index (κ2) is 7.38. The zero-order valence-corrected chi connectivity index (χ0v) is 14.4. The molecule has 1 aliphatic rings. The van der Waals surface area contributed by atoms with E-state index in [4.69, 9.17) is 4.74 Å². The fourth-order valence-corrected chi connectivity index (χ4v) is 2.86. The van der Waals surface area contributed by atoms with Gasteiger partial charge in [0.05, 0.1) is 19.3 Å². The maximum Gasteiger partial charge on any atom is 0.244 e. The average Bonchev–Trinajstić information content (AvgIpc) is 2.85. The molecule has 0 atom stereocenters. The number of hydrogen-bond acceptors (Lipinski definition) is 2. The normalized spacial score (nSPS) is 16.3. The summed E-state index contributed by atoms with van der Waals surface area (Å²) in [5, 5.41) is 0. The van der Waals surface area contributed by atoms with E-state index in [1.165, 1.54) is 11.0 Å². The molecule has 1 aromatic carbocycles. The van der Waals surface area contributed by atoms with Gasteiger partial charge in [-0.1, -0.05) is 12.1 Å². The lowest BCUT2D eigenvalue weighted by molar-refractivity contribution is -0.672. The minimum absolute atomic E-state index is 0. The summed E-state index contributed by atoms with van der Waals surface area (Å²) in [6.07, 6.45) is 2.26. The van der Waals surface area contributed by atoms with Crippen LogP contribution < -0.4 is 21.5 Å². The van der Waals surface area contributed by atoms with Gasteiger partial charge in [0, 0.05) is 19.6 Å². The van der Waals surface area contributed by atoms with Crippen LogP contribution in [0.25, 0.3) is 11.0 Å². The predicted molar refractivity (Wildman–Crippen MR) is 79.8 cm³/mol. The van der Waals surface area contributed by atoms with Crippen molar-refractivity contribution in [1.82, 2.24) is 9.47 Å². The summed E-state index contributed by atoms with van der Waals surface area (Å²) >= 11 is 0. The molecule has 0 amide bonds. The zero-order valence-electron chi connectivity index (χ0n) is 12.8. The molecule has 0 saturated carbocycles. The third kappa shape index (κ3) is 3.65. The van der Waals surface area contributed by atoms with Crippen molar-refractivity contribution >= 4 is 11.0 Å². The van der Waals surface area contributed by atoms with Crippen LogP contribution >= 0.6 is 0 Å². The first-order chi connectivity index (χ1) is 9.75. The third-order valence-electron chi connectivity index (χ3n) is 4.05. The fraction of sp³-hybridized carbons (Fsp3) is 0.562. The van der Waals surface area contributed by atoms with Gasteiger partial charge in [0.2, 0.25) is 6.33 Å². The van der Waals surface area contributed by atoms with Gasteiger partial charge in [0.25, 0.3) is 0 Å². The molecule has 116 valence electrons. The third-order valence-corrected chi connectivity index (χ3v) is 4.05. The molecule has 2 aromatic rings. The van der Waals surface area contributed by atoms with E-state index in [1.807, 2.05) is 0 Å². The van der Waals surface area contributed by atoms with Gasteiger partial charge < -0.3 is 21.7 Å². The molecule has 1 saturated heterocycles. The Morgan fingerprint density at radius 3 is 2.62 bits per heavy atom. The summed E-state index contributed by atoms with van der Waals surface area (Å²) in [5.74, 6) is 0. The van der Waals surface area contributed by atoms with Crippen LogP contribution in [0.2, 0.25) is 0 Å². The maximum atomic E-state index is 5.40. The Morgan fingerprint density at radius 1 is 1.19 bits per heavy atom. The van der Waals surface area contributed by atoms with Crippen LogP contribution in [0.5, 0.6) is 0 Å². The number of para-hydroxylation sites is 2. The van der Waals surface area contributed by atoms with Gasteiger partial charge in [-0.2, -0.15) is 0 Å². The Kier molecular flexibility index (Phi) is 5.79. The molecule has 1 aromatic heterocycles. The number of halogens is 1. The van der Waals surface area contributed by atoms with Crippen molar-refractivity contribution in [2.45, 2.75) is 26.4 Å². The first-order valence-electron chi connectivity index (χ1n) is 7.55. The van der Waals surface area contributed by atoms with Gasteiger partial charge >= 0.3 is 0 Å². The van der Waals surface area contributed by atoms with Crippen LogP contribution in [0.15, 0.2) is 30.6 Å². The quantitative estimate of drug-likeness (QED) is 0.647. The number of imidazole rings is 1. The smallest absolute Gasteiger partial charge is 0.244 e. The molecule has 1 aliphatic heterocycles. The summed E-state index contributed by atoms with van der Waals surface area (Å²) in [6.45, 7) is 10.5. The monoisotopic (exact) mass is 353 g/mol. The number of nitrogens with zero attached hydrogens (tertiary/aromatic N) is 3. The van der Waals surface area contributed by atoms with Gasteiger partial charge in [-0.25, -0.2) is 9.13 Å². The van der Waals surface area contributed by atoms with Crippen LogP contribution in [-0.4, -0.2) is 42.3 Å². The van der Waals surface area contributed by atoms with Crippen LogP contribution in [0.1, 0.15) is 19.9 Å². The second-order valence-electron chi connectivity index (χ2n) is 5.75. The predicted octanol–water partition coefficient (Wildman–Crippen LogP) is -1.15. The summed E-state index contributed by atoms with van der Waals surface area (Å²) in [4.78, 5) is 2.48. The van der Waals surface area contributed by atoms with E-state index >= 15 is 0 Å². The SMILES string of the molecule is CC(C)n1c[n+](CCN2CCOCC2)c2ccccc21.[Br-]. The lowest BCUT2D eigenvalue weighted by Crippen LogP contribution is -3.00. The minimum Gasteiger partial charge on any atom is -1.00 e. The number of fused-ring (bicyclic) bond motifs is 1. The topological polar surface area (TPSA) is 21.3 Å². The van der Waals surface area contributed by atoms with Crippen molar-refractivity contribution < 1.29 is 26.3 Å². The molecule has 0 radical (unpaired) electrons. The van der Waals surface area contributed by atoms with E-state index in [1.54, 1.807) is 0 Å². The first-order valence-corrected chi connectivity index (χ1v) is 7.55. The molecule has 0 spiro atoms. The molecule has 0 N–H and O–H groups in total. The molecular formula is C16H24BrN3O. The molecule has 3 rings (SSSR count). The average molecular weight is 354 g/mol. The highest BCUT2D eigenvalue weighted by molar-refractivity contribution is 5.71. The Morgan fingerprint density at radius 2 is 1.90 bits per heavy atom. The molecule has 1 fully saturated rings. The number of hydrogen-bond donors (Lipinski definition) is 0. The maximum absolute atomic E-state index is 5.40. The summed E-state index contributed by atoms with van der Waals surface area (Å²) < 4.78 is 10.1. The van der Waals surface area contributed by atoms with Crippen LogP contribution in [0, 0.1) is 0 Å². The molecule has 0 unspecified atom stereocenters. The van der Waals surface area contributed by atoms with Crippen LogP contribution in [0.4, 0.5) is 0 Å². The lowest BCUT2D eigenvalue weighted by Gasteiger charge is -2.25. The highest BCUT2D eigenvalue weighted by Crippen LogP contribution is 2.15. The van der Waals surface area contributed by atoms with Gasteiger partial charge in [-0.3, -0.25) is 4.90 Å². The number of rotatable bonds is 4. The van der Waals surface area contributed by atoms with Crippen molar-refractivity contribution in [3.05, 3.63) is 30.6 Å². The highest BCUT2D eigenvalue weighted by atomic mass is 79.9. The van der Waals surface area contributed by atoms with Crippen molar-refractivity contribution in [3.63, 3.8) is 0 Å². The van der Waals surface area contributed by atoms with E-state index in [-0.39, 0.29) is 17.0 Å². The summed E-state index contributed by atoms with van der Waals surface area (Å²) in [5.41, 5.74) is 2.65. The largest absolute Gasteiger partial charge is 1.00 e. The van der Waals surface area contributed by atoms with E-state index in [9.17, 15) is 0 Å². The fourth-order valence-electron chi connectivity index (χ4n) is 2.86. The van der Waals surface area contributed by atoms with E-state index in [0.717, 1.165) is 39.4 Å². The second-order valence-corrected chi connectivity index (χ2v) is 5.75. The summed E-state index contributed by atoms with van der Waals surface area (Å²) in [7, 11) is 0. The molecule has 0 aliphatic carbocycles. The highest BCUT2D eigenvalue weighted by Gasteiger charge is 2.18. The minimum atomic E-state index is 0. The van der Waals surface area contributed by atoms with E-state index < -0.39 is 0 Å². The number of aromatic nitrogens is 2. The lowest BCUT2D eigenvalue weighted by atomic mass is 10.3. The summed E-state index contributed by atoms with van der Waals surface area (Å²) in [6, 6.07) is 9.16. The van der Waals surface area contributed by atoms with E-state index in [2.05, 4.69) is 58.5 Å². The van der Waals surface area contributed by atoms with Crippen molar-refractivity contribution in [1.29, 1.82) is 0 Å². The standard InChI is InChI=1S/C16H24N3O.BrH/c1-14(2)19-13-18(15-5-3-4-6-16(15)19)8-7-17-9-11-20-12-10-17;/h3-6,13-14H,7-12H2,1-2H3;1H/q+1;/p-1. The van der Waals surface area contributed by atoms with Crippen LogP contribution in [-0.2, 0) is 11.3 Å². The van der Waals surface area contributed by atoms with Crippen molar-refractivity contribution in [3.8, 4) is 0 Å². The molecule has 5 heteroatoms. The van der Waals surface area contributed by atoms with Crippen molar-refractivity contribution in [2.24, 2.45) is 0 Å². The molecule has 2 heterocycles. The number of ether oxygens (including phenoxy) is 1. The Bertz CT molecular complexity index is 576. The Hall–Kier alpha value is -0.910. The van der Waals surface area contributed by atoms with Crippen molar-refractivity contribution in [2.75, 3.05) is 32.8 Å². The van der Waals surface area contributed by atoms with E-state index in [0.29, 0.717) is 6.04 Å². The van der Waals surface area contributed by atoms with Gasteiger partial charge in [-0.05, 0) is 26.0 Å². The van der Waals surface area contributed by atoms with Gasteiger partial charge in [-0.15, -0.1) is 0 Å². The molecular weight excluding hydrogens is 330 g/mol. The Labute approximate surface area is 137 Å². The molecule has 21 heavy (non-hydrogen) atoms. The first kappa shape index (κ1) is 16.5. The van der Waals surface area contributed by atoms with Crippen LogP contribution in [0.3, 0.4) is 0 Å². The molecule has 0 bridgehead atoms. The number of morpholine rings is 1. The zero-order chi connectivity index (χ0) is 13.9. The number of benzene rings is 1.